The molecule has 1 aliphatic heterocycles. The second-order valence-corrected chi connectivity index (χ2v) is 13.4. The van der Waals surface area contributed by atoms with E-state index < -0.39 is 96.4 Å². The Morgan fingerprint density at radius 1 is 0.755 bits per heavy atom. The lowest BCUT2D eigenvalue weighted by Crippen LogP contribution is -2.62. The molecule has 0 aromatic carbocycles. The van der Waals surface area contributed by atoms with E-state index in [1.54, 1.807) is 20.8 Å². The number of carboxylic acids is 1. The molecular formula is C33H60N10O10. The molecule has 20 heteroatoms. The quantitative estimate of drug-likeness (QED) is 0.0271. The summed E-state index contributed by atoms with van der Waals surface area (Å²) in [5, 5.41) is 47.1. The summed E-state index contributed by atoms with van der Waals surface area (Å²) in [6.45, 7) is 9.47. The number of carbonyl (C=O) groups is 7. The van der Waals surface area contributed by atoms with Crippen LogP contribution in [0.15, 0.2) is 4.99 Å². The highest BCUT2D eigenvalue weighted by Gasteiger charge is 2.36. The SMILES string of the molecule is CC[C@H](C)[C@H](NC(=O)[C@@H]1CCCN1)C(=O)N[C@H](C(=O)N[C@@H](CO)C(=O)N[C@@H](CCCN=C(N)N)C(=O)N[C@@H](C)C(=O)N[C@H](C(=O)O)[C@@H](C)O)[C@@H](C)CC. The van der Waals surface area contributed by atoms with E-state index in [9.17, 15) is 48.9 Å². The van der Waals surface area contributed by atoms with Crippen molar-refractivity contribution in [2.45, 2.75) is 128 Å². The van der Waals surface area contributed by atoms with Gasteiger partial charge in [-0.1, -0.05) is 40.5 Å². The van der Waals surface area contributed by atoms with Gasteiger partial charge in [0.2, 0.25) is 35.4 Å². The van der Waals surface area contributed by atoms with E-state index in [4.69, 9.17) is 11.5 Å². The van der Waals surface area contributed by atoms with E-state index in [1.807, 2.05) is 6.92 Å². The second kappa shape index (κ2) is 23.2. The first-order chi connectivity index (χ1) is 24.9. The first-order valence-corrected chi connectivity index (χ1v) is 18.0. The summed E-state index contributed by atoms with van der Waals surface area (Å²) in [7, 11) is 0. The van der Waals surface area contributed by atoms with Gasteiger partial charge in [-0.05, 0) is 57.9 Å². The normalized spacial score (nSPS) is 19.0. The van der Waals surface area contributed by atoms with Crippen molar-refractivity contribution in [3.05, 3.63) is 0 Å². The molecule has 1 saturated heterocycles. The molecule has 14 N–H and O–H groups in total. The Hall–Kier alpha value is -4.56. The third-order valence-electron chi connectivity index (χ3n) is 9.16. The molecule has 20 nitrogen and oxygen atoms in total. The van der Waals surface area contributed by atoms with Crippen molar-refractivity contribution < 1.29 is 48.9 Å². The van der Waals surface area contributed by atoms with Gasteiger partial charge in [0, 0.05) is 6.54 Å². The number of rotatable bonds is 23. The maximum absolute atomic E-state index is 13.6. The van der Waals surface area contributed by atoms with Crippen LogP contribution in [0.3, 0.4) is 0 Å². The predicted molar refractivity (Wildman–Crippen MR) is 194 cm³/mol. The number of carbonyl (C=O) groups excluding carboxylic acids is 6. The summed E-state index contributed by atoms with van der Waals surface area (Å²) in [5.41, 5.74) is 10.7. The molecule has 1 rings (SSSR count). The molecule has 0 aromatic rings. The van der Waals surface area contributed by atoms with Crippen molar-refractivity contribution >= 4 is 47.4 Å². The Balaban J connectivity index is 3.15. The number of nitrogens with two attached hydrogens (primary N) is 2. The summed E-state index contributed by atoms with van der Waals surface area (Å²) in [6, 6.07) is -8.43. The minimum Gasteiger partial charge on any atom is -0.480 e. The van der Waals surface area contributed by atoms with Crippen LogP contribution < -0.4 is 48.7 Å². The standard InChI is InChI=1S/C33H60N10O10/c1-7-16(3)23(42-31(51)24(17(4)8-2)41-27(47)20-11-9-13-36-20)30(50)40-22(15-44)29(49)39-21(12-10-14-37-33(34)35)28(48)38-18(5)26(46)43-25(19(6)45)32(52)53/h16-25,36,44-45H,7-15H2,1-6H3,(H,38,48)(H,39,49)(H,40,50)(H,41,47)(H,42,51)(H,43,46)(H,52,53)(H4,34,35,37)/t16-,17-,18-,19+,20-,21-,22-,23-,24-,25-/m0/s1. The molecule has 1 aliphatic rings. The second-order valence-electron chi connectivity index (χ2n) is 13.4. The molecule has 0 saturated carbocycles. The number of hydrogen-bond acceptors (Lipinski definition) is 11. The molecule has 10 atom stereocenters. The Bertz CT molecular complexity index is 1290. The molecule has 1 heterocycles. The number of guanidine groups is 1. The third kappa shape index (κ3) is 15.5. The van der Waals surface area contributed by atoms with Gasteiger partial charge in [0.1, 0.15) is 30.2 Å². The smallest absolute Gasteiger partial charge is 0.328 e. The zero-order chi connectivity index (χ0) is 40.4. The van der Waals surface area contributed by atoms with Crippen molar-refractivity contribution in [3.8, 4) is 0 Å². The molecule has 0 aromatic heterocycles. The monoisotopic (exact) mass is 756 g/mol. The number of hydrogen-bond donors (Lipinski definition) is 12. The van der Waals surface area contributed by atoms with Crippen molar-refractivity contribution in [3.63, 3.8) is 0 Å². The summed E-state index contributed by atoms with van der Waals surface area (Å²) < 4.78 is 0. The van der Waals surface area contributed by atoms with Gasteiger partial charge in [-0.2, -0.15) is 0 Å². The van der Waals surface area contributed by atoms with E-state index in [2.05, 4.69) is 42.2 Å². The van der Waals surface area contributed by atoms with Crippen LogP contribution in [0, 0.1) is 11.8 Å². The topological polar surface area (TPSA) is 329 Å². The van der Waals surface area contributed by atoms with Gasteiger partial charge in [0.15, 0.2) is 12.0 Å². The predicted octanol–water partition coefficient (Wildman–Crippen LogP) is -3.73. The minimum absolute atomic E-state index is 0.0646. The van der Waals surface area contributed by atoms with Crippen LogP contribution in [-0.2, 0) is 33.6 Å². The number of aliphatic hydroxyl groups is 2. The Labute approximate surface area is 309 Å². The van der Waals surface area contributed by atoms with Crippen molar-refractivity contribution in [1.82, 2.24) is 37.2 Å². The molecule has 0 radical (unpaired) electrons. The average Bonchev–Trinajstić information content (AvgIpc) is 3.65. The van der Waals surface area contributed by atoms with Crippen LogP contribution >= 0.6 is 0 Å². The first-order valence-electron chi connectivity index (χ1n) is 18.0. The molecule has 0 unspecified atom stereocenters. The lowest BCUT2D eigenvalue weighted by molar-refractivity contribution is -0.145. The summed E-state index contributed by atoms with van der Waals surface area (Å²) in [5.74, 6) is -6.89. The van der Waals surface area contributed by atoms with Crippen molar-refractivity contribution in [2.75, 3.05) is 19.7 Å². The Morgan fingerprint density at radius 2 is 1.28 bits per heavy atom. The maximum Gasteiger partial charge on any atom is 0.328 e. The molecule has 302 valence electrons. The fourth-order valence-corrected chi connectivity index (χ4v) is 5.36. The van der Waals surface area contributed by atoms with E-state index in [1.165, 1.54) is 13.8 Å². The summed E-state index contributed by atoms with van der Waals surface area (Å²) in [6.07, 6.45) is 1.12. The van der Waals surface area contributed by atoms with Crippen LogP contribution in [0.25, 0.3) is 0 Å². The van der Waals surface area contributed by atoms with Crippen LogP contribution in [0.1, 0.15) is 80.1 Å². The van der Waals surface area contributed by atoms with Gasteiger partial charge in [-0.25, -0.2) is 4.79 Å². The fourth-order valence-electron chi connectivity index (χ4n) is 5.36. The fraction of sp³-hybridized carbons (Fsp3) is 0.758. The molecular weight excluding hydrogens is 696 g/mol. The van der Waals surface area contributed by atoms with E-state index in [0.29, 0.717) is 25.8 Å². The number of aliphatic carboxylic acids is 1. The lowest BCUT2D eigenvalue weighted by Gasteiger charge is -2.30. The zero-order valence-electron chi connectivity index (χ0n) is 31.4. The third-order valence-corrected chi connectivity index (χ3v) is 9.16. The van der Waals surface area contributed by atoms with Gasteiger partial charge >= 0.3 is 5.97 Å². The molecule has 53 heavy (non-hydrogen) atoms. The highest BCUT2D eigenvalue weighted by atomic mass is 16.4. The Morgan fingerprint density at radius 3 is 1.77 bits per heavy atom. The van der Waals surface area contributed by atoms with Gasteiger partial charge in [-0.3, -0.25) is 33.8 Å². The minimum atomic E-state index is -1.65. The number of aliphatic imine (C=N–C) groups is 1. The highest BCUT2D eigenvalue weighted by molar-refractivity contribution is 5.97. The van der Waals surface area contributed by atoms with E-state index in [-0.39, 0.29) is 37.2 Å². The lowest BCUT2D eigenvalue weighted by atomic mass is 9.94. The summed E-state index contributed by atoms with van der Waals surface area (Å²) in [4.78, 5) is 94.6. The molecule has 0 spiro atoms. The summed E-state index contributed by atoms with van der Waals surface area (Å²) >= 11 is 0. The average molecular weight is 757 g/mol. The van der Waals surface area contributed by atoms with Gasteiger partial charge in [0.25, 0.3) is 0 Å². The number of nitrogens with one attached hydrogen (secondary N) is 7. The Kier molecular flexibility index (Phi) is 20.3. The van der Waals surface area contributed by atoms with Crippen molar-refractivity contribution in [1.29, 1.82) is 0 Å². The number of aliphatic hydroxyl groups excluding tert-OH is 2. The molecule has 1 fully saturated rings. The first kappa shape index (κ1) is 46.5. The van der Waals surface area contributed by atoms with Crippen molar-refractivity contribution in [2.24, 2.45) is 28.3 Å². The number of carboxylic acid groups (broad SMARTS) is 1. The van der Waals surface area contributed by atoms with Crippen LogP contribution in [-0.4, -0.2) is 131 Å². The van der Waals surface area contributed by atoms with Crippen LogP contribution in [0.4, 0.5) is 0 Å². The van der Waals surface area contributed by atoms with Crippen LogP contribution in [0.2, 0.25) is 0 Å². The zero-order valence-corrected chi connectivity index (χ0v) is 31.4. The molecule has 0 aliphatic carbocycles. The maximum atomic E-state index is 13.6. The number of amides is 6. The van der Waals surface area contributed by atoms with Gasteiger partial charge in [-0.15, -0.1) is 0 Å². The highest BCUT2D eigenvalue weighted by Crippen LogP contribution is 2.14. The van der Waals surface area contributed by atoms with E-state index >= 15 is 0 Å². The largest absolute Gasteiger partial charge is 0.480 e. The van der Waals surface area contributed by atoms with Gasteiger partial charge in [0.05, 0.1) is 18.8 Å². The molecule has 6 amide bonds. The van der Waals surface area contributed by atoms with Gasteiger partial charge < -0.3 is 64.0 Å². The van der Waals surface area contributed by atoms with E-state index in [0.717, 1.165) is 6.42 Å². The van der Waals surface area contributed by atoms with Crippen LogP contribution in [0.5, 0.6) is 0 Å². The molecule has 0 bridgehead atoms. The number of nitrogens with zero attached hydrogens (tertiary/aromatic N) is 1.